The molecule has 0 aliphatic rings. The quantitative estimate of drug-likeness (QED) is 0.298. The molecule has 0 saturated heterocycles. The highest BCUT2D eigenvalue weighted by molar-refractivity contribution is 7.99. The molecule has 0 saturated carbocycles. The van der Waals surface area contributed by atoms with Gasteiger partial charge in [0.1, 0.15) is 4.70 Å². The monoisotopic (exact) mass is 469 g/mol. The number of carbonyl (C=O) groups is 1. The number of carbonyl (C=O) groups excluding carboxylic acids is 1. The van der Waals surface area contributed by atoms with Crippen molar-refractivity contribution in [1.29, 1.82) is 0 Å². The smallest absolute Gasteiger partial charge is 0.272 e. The predicted octanol–water partition coefficient (Wildman–Crippen LogP) is 5.21. The van der Waals surface area contributed by atoms with E-state index in [-0.39, 0.29) is 17.2 Å². The number of amides is 1. The molecule has 0 aliphatic carbocycles. The number of nitrogens with one attached hydrogen (secondary N) is 1. The maximum Gasteiger partial charge on any atom is 0.272 e. The van der Waals surface area contributed by atoms with Crippen molar-refractivity contribution in [2.24, 2.45) is 0 Å². The van der Waals surface area contributed by atoms with E-state index in [2.05, 4.69) is 5.32 Å². The molecule has 4 rings (SSSR count). The molecule has 31 heavy (non-hydrogen) atoms. The zero-order chi connectivity index (χ0) is 21.8. The van der Waals surface area contributed by atoms with Gasteiger partial charge in [0.2, 0.25) is 5.91 Å². The van der Waals surface area contributed by atoms with Crippen molar-refractivity contribution in [2.75, 3.05) is 5.75 Å². The molecular weight excluding hydrogens is 450 g/mol. The molecule has 2 aromatic carbocycles. The minimum absolute atomic E-state index is 0.0660. The Balaban J connectivity index is 1.54. The number of hydrogen-bond acceptors (Lipinski definition) is 5. The Bertz CT molecular complexity index is 1270. The first kappa shape index (κ1) is 21.6. The Kier molecular flexibility index (Phi) is 6.75. The van der Waals surface area contributed by atoms with Gasteiger partial charge in [0.25, 0.3) is 5.56 Å². The van der Waals surface area contributed by atoms with E-state index in [0.29, 0.717) is 33.5 Å². The molecular formula is C23H20ClN3O2S2. The predicted molar refractivity (Wildman–Crippen MR) is 129 cm³/mol. The van der Waals surface area contributed by atoms with Crippen LogP contribution in [0.2, 0.25) is 5.02 Å². The van der Waals surface area contributed by atoms with Crippen molar-refractivity contribution in [3.63, 3.8) is 0 Å². The third-order valence-electron chi connectivity index (χ3n) is 4.78. The molecule has 1 amide bonds. The summed E-state index contributed by atoms with van der Waals surface area (Å²) in [7, 11) is 0. The molecule has 8 heteroatoms. The molecule has 0 unspecified atom stereocenters. The zero-order valence-corrected chi connectivity index (χ0v) is 19.2. The highest BCUT2D eigenvalue weighted by Gasteiger charge is 2.17. The molecule has 0 radical (unpaired) electrons. The van der Waals surface area contributed by atoms with Gasteiger partial charge in [-0.25, -0.2) is 4.98 Å². The van der Waals surface area contributed by atoms with Gasteiger partial charge < -0.3 is 5.32 Å². The summed E-state index contributed by atoms with van der Waals surface area (Å²) in [5.41, 5.74) is 3.55. The highest BCUT2D eigenvalue weighted by atomic mass is 35.5. The number of rotatable bonds is 7. The number of thiophene rings is 1. The van der Waals surface area contributed by atoms with E-state index in [0.717, 1.165) is 16.7 Å². The molecule has 2 aromatic heterocycles. The summed E-state index contributed by atoms with van der Waals surface area (Å²) in [6.45, 7) is 2.83. The first-order valence-corrected chi connectivity index (χ1v) is 12.0. The second kappa shape index (κ2) is 9.68. The van der Waals surface area contributed by atoms with E-state index >= 15 is 0 Å². The second-order valence-corrected chi connectivity index (χ2v) is 9.09. The van der Waals surface area contributed by atoms with E-state index in [1.807, 2.05) is 54.8 Å². The van der Waals surface area contributed by atoms with E-state index in [9.17, 15) is 9.59 Å². The minimum atomic E-state index is -0.120. The van der Waals surface area contributed by atoms with Crippen molar-refractivity contribution in [2.45, 2.75) is 25.2 Å². The Morgan fingerprint density at radius 3 is 2.61 bits per heavy atom. The number of aromatic nitrogens is 2. The van der Waals surface area contributed by atoms with Crippen LogP contribution in [0.1, 0.15) is 12.5 Å². The summed E-state index contributed by atoms with van der Waals surface area (Å²) in [5.74, 6) is 0.0571. The Morgan fingerprint density at radius 1 is 1.16 bits per heavy atom. The van der Waals surface area contributed by atoms with E-state index in [1.54, 1.807) is 16.7 Å². The number of thioether (sulfide) groups is 1. The van der Waals surface area contributed by atoms with Gasteiger partial charge in [-0.15, -0.1) is 11.3 Å². The fourth-order valence-corrected chi connectivity index (χ4v) is 5.15. The van der Waals surface area contributed by atoms with Crippen molar-refractivity contribution < 1.29 is 4.79 Å². The largest absolute Gasteiger partial charge is 0.351 e. The first-order valence-electron chi connectivity index (χ1n) is 9.78. The number of halogens is 1. The van der Waals surface area contributed by atoms with Gasteiger partial charge >= 0.3 is 0 Å². The van der Waals surface area contributed by atoms with Gasteiger partial charge in [0.05, 0.1) is 11.3 Å². The second-order valence-electron chi connectivity index (χ2n) is 6.83. The fourth-order valence-electron chi connectivity index (χ4n) is 3.18. The van der Waals surface area contributed by atoms with Gasteiger partial charge in [-0.2, -0.15) is 0 Å². The van der Waals surface area contributed by atoms with Crippen molar-refractivity contribution in [3.8, 4) is 11.1 Å². The maximum absolute atomic E-state index is 13.0. The van der Waals surface area contributed by atoms with Gasteiger partial charge in [-0.3, -0.25) is 14.2 Å². The van der Waals surface area contributed by atoms with E-state index in [4.69, 9.17) is 16.6 Å². The first-order chi connectivity index (χ1) is 15.1. The van der Waals surface area contributed by atoms with Crippen LogP contribution in [0, 0.1) is 0 Å². The zero-order valence-electron chi connectivity index (χ0n) is 16.8. The highest BCUT2D eigenvalue weighted by Crippen LogP contribution is 2.32. The molecule has 4 aromatic rings. The van der Waals surface area contributed by atoms with Crippen LogP contribution in [-0.2, 0) is 17.9 Å². The number of hydrogen-bond donors (Lipinski definition) is 1. The molecule has 158 valence electrons. The maximum atomic E-state index is 13.0. The van der Waals surface area contributed by atoms with Crippen molar-refractivity contribution in [1.82, 2.24) is 14.9 Å². The third-order valence-corrected chi connectivity index (χ3v) is 6.96. The summed E-state index contributed by atoms with van der Waals surface area (Å²) in [6.07, 6.45) is 0. The topological polar surface area (TPSA) is 64.0 Å². The van der Waals surface area contributed by atoms with Gasteiger partial charge in [0, 0.05) is 29.1 Å². The Morgan fingerprint density at radius 2 is 1.90 bits per heavy atom. The molecule has 5 nitrogen and oxygen atoms in total. The molecule has 0 spiro atoms. The number of fused-ring (bicyclic) bond motifs is 1. The van der Waals surface area contributed by atoms with E-state index in [1.165, 1.54) is 23.1 Å². The summed E-state index contributed by atoms with van der Waals surface area (Å²) in [4.78, 5) is 30.2. The molecule has 0 atom stereocenters. The van der Waals surface area contributed by atoms with Crippen LogP contribution in [0.3, 0.4) is 0 Å². The van der Waals surface area contributed by atoms with Gasteiger partial charge in [0.15, 0.2) is 5.16 Å². The van der Waals surface area contributed by atoms with Gasteiger partial charge in [-0.05, 0) is 30.2 Å². The normalized spacial score (nSPS) is 11.0. The molecule has 2 heterocycles. The summed E-state index contributed by atoms with van der Waals surface area (Å²) in [5, 5.41) is 6.08. The average molecular weight is 470 g/mol. The standard InChI is InChI=1S/C23H20ClN3O2S2/c1-2-27-22(29)21-20(18(13-30-21)16-6-4-3-5-7-16)26-23(27)31-14-19(28)25-12-15-8-10-17(24)11-9-15/h3-11,13H,2,12,14H2,1H3,(H,25,28). The lowest BCUT2D eigenvalue weighted by Crippen LogP contribution is -2.26. The van der Waals surface area contributed by atoms with Crippen LogP contribution in [0.4, 0.5) is 0 Å². The van der Waals surface area contributed by atoms with Crippen LogP contribution in [0.25, 0.3) is 21.3 Å². The van der Waals surface area contributed by atoms with Crippen LogP contribution in [0.5, 0.6) is 0 Å². The molecule has 1 N–H and O–H groups in total. The van der Waals surface area contributed by atoms with Crippen molar-refractivity contribution >= 4 is 50.8 Å². The molecule has 0 bridgehead atoms. The van der Waals surface area contributed by atoms with Crippen molar-refractivity contribution in [3.05, 3.63) is 80.9 Å². The fraction of sp³-hybridized carbons (Fsp3) is 0.174. The summed E-state index contributed by atoms with van der Waals surface area (Å²) < 4.78 is 2.27. The lowest BCUT2D eigenvalue weighted by molar-refractivity contribution is -0.118. The Labute approximate surface area is 193 Å². The third kappa shape index (κ3) is 4.84. The minimum Gasteiger partial charge on any atom is -0.351 e. The van der Waals surface area contributed by atoms with Crippen LogP contribution < -0.4 is 10.9 Å². The number of benzene rings is 2. The Hall–Kier alpha value is -2.61. The lowest BCUT2D eigenvalue weighted by atomic mass is 10.1. The SMILES string of the molecule is CCn1c(SCC(=O)NCc2ccc(Cl)cc2)nc2c(-c3ccccc3)csc2c1=O. The summed E-state index contributed by atoms with van der Waals surface area (Å²) >= 11 is 8.58. The molecule has 0 fully saturated rings. The number of nitrogens with zero attached hydrogens (tertiary/aromatic N) is 2. The lowest BCUT2D eigenvalue weighted by Gasteiger charge is -2.11. The van der Waals surface area contributed by atoms with Crippen LogP contribution >= 0.6 is 34.7 Å². The molecule has 0 aliphatic heterocycles. The van der Waals surface area contributed by atoms with E-state index < -0.39 is 0 Å². The van der Waals surface area contributed by atoms with Crippen LogP contribution in [-0.4, -0.2) is 21.2 Å². The average Bonchev–Trinajstić information content (AvgIpc) is 3.22. The van der Waals surface area contributed by atoms with Gasteiger partial charge in [-0.1, -0.05) is 65.8 Å². The van der Waals surface area contributed by atoms with Crippen LogP contribution in [0.15, 0.2) is 69.9 Å². The summed E-state index contributed by atoms with van der Waals surface area (Å²) in [6, 6.07) is 17.2.